The number of hydrogen-bond donors (Lipinski definition) is 1. The molecule has 4 nitrogen and oxygen atoms in total. The molecule has 29 heavy (non-hydrogen) atoms. The fourth-order valence-corrected chi connectivity index (χ4v) is 4.08. The van der Waals surface area contributed by atoms with Crippen LogP contribution in [0.25, 0.3) is 11.3 Å². The van der Waals surface area contributed by atoms with Gasteiger partial charge < -0.3 is 5.32 Å². The summed E-state index contributed by atoms with van der Waals surface area (Å²) < 4.78 is 0. The van der Waals surface area contributed by atoms with Crippen LogP contribution in [0.3, 0.4) is 0 Å². The summed E-state index contributed by atoms with van der Waals surface area (Å²) in [6.07, 6.45) is 3.15. The molecule has 1 N–H and O–H groups in total. The first-order valence-electron chi connectivity index (χ1n) is 10.7. The van der Waals surface area contributed by atoms with Crippen LogP contribution >= 0.6 is 0 Å². The molecule has 0 spiro atoms. The van der Waals surface area contributed by atoms with Crippen LogP contribution < -0.4 is 5.32 Å². The number of nitrogens with zero attached hydrogens (tertiary/aromatic N) is 3. The maximum Gasteiger partial charge on any atom is 0.0933 e. The molecule has 0 aliphatic carbocycles. The zero-order valence-electron chi connectivity index (χ0n) is 17.7. The first kappa shape index (κ1) is 19.6. The van der Waals surface area contributed by atoms with Gasteiger partial charge in [-0.2, -0.15) is 10.2 Å². The Morgan fingerprint density at radius 3 is 2.69 bits per heavy atom. The number of aromatic nitrogens is 2. The average molecular weight is 387 g/mol. The van der Waals surface area contributed by atoms with E-state index in [9.17, 15) is 0 Å². The third kappa shape index (κ3) is 4.33. The van der Waals surface area contributed by atoms with Crippen molar-refractivity contribution < 1.29 is 0 Å². The van der Waals surface area contributed by atoms with Gasteiger partial charge in [-0.1, -0.05) is 38.5 Å². The lowest BCUT2D eigenvalue weighted by Crippen LogP contribution is -2.30. The molecule has 2 heterocycles. The van der Waals surface area contributed by atoms with E-state index in [0.717, 1.165) is 61.5 Å². The van der Waals surface area contributed by atoms with E-state index in [0.29, 0.717) is 0 Å². The van der Waals surface area contributed by atoms with Crippen molar-refractivity contribution in [2.45, 2.75) is 46.6 Å². The molecule has 0 unspecified atom stereocenters. The average Bonchev–Trinajstić information content (AvgIpc) is 2.76. The molecular formula is C25H30N4. The zero-order chi connectivity index (χ0) is 20.2. The molecule has 0 bridgehead atoms. The first-order valence-corrected chi connectivity index (χ1v) is 10.7. The summed E-state index contributed by atoms with van der Waals surface area (Å²) in [5, 5.41) is 12.5. The van der Waals surface area contributed by atoms with Gasteiger partial charge in [-0.25, -0.2) is 0 Å². The number of nitrogens with one attached hydrogen (secondary N) is 1. The Balaban J connectivity index is 1.60. The molecule has 0 atom stereocenters. The van der Waals surface area contributed by atoms with Gasteiger partial charge in [-0.05, 0) is 73.3 Å². The Labute approximate surface area is 174 Å². The SMILES string of the molecule is CCCc1ccc(-c2cc(Nc3cccc4c3CCN(CC)C4)ccc2C)nn1. The van der Waals surface area contributed by atoms with E-state index in [-0.39, 0.29) is 0 Å². The van der Waals surface area contributed by atoms with Crippen molar-refractivity contribution in [3.63, 3.8) is 0 Å². The van der Waals surface area contributed by atoms with Gasteiger partial charge in [0, 0.05) is 30.0 Å². The van der Waals surface area contributed by atoms with Gasteiger partial charge in [0.1, 0.15) is 0 Å². The number of benzene rings is 2. The van der Waals surface area contributed by atoms with E-state index in [1.165, 1.54) is 22.4 Å². The highest BCUT2D eigenvalue weighted by Crippen LogP contribution is 2.31. The third-order valence-corrected chi connectivity index (χ3v) is 5.81. The molecule has 1 aliphatic rings. The lowest BCUT2D eigenvalue weighted by atomic mass is 9.97. The maximum atomic E-state index is 4.48. The van der Waals surface area contributed by atoms with Crippen molar-refractivity contribution in [3.8, 4) is 11.3 Å². The summed E-state index contributed by atoms with van der Waals surface area (Å²) in [7, 11) is 0. The lowest BCUT2D eigenvalue weighted by molar-refractivity contribution is 0.268. The lowest BCUT2D eigenvalue weighted by Gasteiger charge is -2.29. The minimum atomic E-state index is 0.930. The Hall–Kier alpha value is -2.72. The second kappa shape index (κ2) is 8.75. The molecule has 0 amide bonds. The summed E-state index contributed by atoms with van der Waals surface area (Å²) in [5.41, 5.74) is 9.53. The van der Waals surface area contributed by atoms with Gasteiger partial charge in [0.25, 0.3) is 0 Å². The zero-order valence-corrected chi connectivity index (χ0v) is 17.7. The summed E-state index contributed by atoms with van der Waals surface area (Å²) in [6.45, 7) is 9.80. The first-order chi connectivity index (χ1) is 14.2. The molecule has 0 saturated carbocycles. The van der Waals surface area contributed by atoms with Crippen LogP contribution in [0.4, 0.5) is 11.4 Å². The van der Waals surface area contributed by atoms with Crippen LogP contribution in [0.15, 0.2) is 48.5 Å². The monoisotopic (exact) mass is 386 g/mol. The van der Waals surface area contributed by atoms with E-state index in [1.807, 2.05) is 0 Å². The minimum Gasteiger partial charge on any atom is -0.355 e. The molecule has 1 aliphatic heterocycles. The Kier molecular flexibility index (Phi) is 5.91. The van der Waals surface area contributed by atoms with E-state index in [4.69, 9.17) is 0 Å². The summed E-state index contributed by atoms with van der Waals surface area (Å²) in [5.74, 6) is 0. The van der Waals surface area contributed by atoms with Gasteiger partial charge in [-0.3, -0.25) is 4.90 Å². The van der Waals surface area contributed by atoms with Crippen LogP contribution in [0, 0.1) is 6.92 Å². The normalized spacial score (nSPS) is 13.9. The molecule has 4 heteroatoms. The van der Waals surface area contributed by atoms with Gasteiger partial charge in [0.05, 0.1) is 11.4 Å². The molecule has 1 aromatic heterocycles. The van der Waals surface area contributed by atoms with Gasteiger partial charge in [0.2, 0.25) is 0 Å². The number of aryl methyl sites for hydroxylation is 2. The number of hydrogen-bond acceptors (Lipinski definition) is 4. The van der Waals surface area contributed by atoms with Crippen LogP contribution in [0.1, 0.15) is 42.7 Å². The summed E-state index contributed by atoms with van der Waals surface area (Å²) >= 11 is 0. The van der Waals surface area contributed by atoms with Gasteiger partial charge >= 0.3 is 0 Å². The summed E-state index contributed by atoms with van der Waals surface area (Å²) in [6, 6.07) is 17.3. The predicted molar refractivity (Wildman–Crippen MR) is 121 cm³/mol. The Morgan fingerprint density at radius 2 is 1.93 bits per heavy atom. The Bertz CT molecular complexity index is 979. The number of anilines is 2. The molecule has 0 radical (unpaired) electrons. The fraction of sp³-hybridized carbons (Fsp3) is 0.360. The third-order valence-electron chi connectivity index (χ3n) is 5.81. The molecule has 0 saturated heterocycles. The van der Waals surface area contributed by atoms with E-state index < -0.39 is 0 Å². The van der Waals surface area contributed by atoms with Crippen molar-refractivity contribution in [3.05, 3.63) is 70.9 Å². The fourth-order valence-electron chi connectivity index (χ4n) is 4.08. The number of rotatable bonds is 6. The quantitative estimate of drug-likeness (QED) is 0.605. The minimum absolute atomic E-state index is 0.930. The second-order valence-corrected chi connectivity index (χ2v) is 7.88. The van der Waals surface area contributed by atoms with Gasteiger partial charge in [-0.15, -0.1) is 0 Å². The smallest absolute Gasteiger partial charge is 0.0933 e. The summed E-state index contributed by atoms with van der Waals surface area (Å²) in [4.78, 5) is 2.50. The van der Waals surface area contributed by atoms with Crippen LogP contribution in [0.2, 0.25) is 0 Å². The molecular weight excluding hydrogens is 356 g/mol. The van der Waals surface area contributed by atoms with Gasteiger partial charge in [0.15, 0.2) is 0 Å². The van der Waals surface area contributed by atoms with Crippen LogP contribution in [0.5, 0.6) is 0 Å². The molecule has 0 fully saturated rings. The van der Waals surface area contributed by atoms with Crippen molar-refractivity contribution >= 4 is 11.4 Å². The Morgan fingerprint density at radius 1 is 1.03 bits per heavy atom. The van der Waals surface area contributed by atoms with E-state index in [2.05, 4.69) is 89.7 Å². The van der Waals surface area contributed by atoms with Crippen molar-refractivity contribution in [1.29, 1.82) is 0 Å². The van der Waals surface area contributed by atoms with Crippen molar-refractivity contribution in [2.75, 3.05) is 18.4 Å². The highest BCUT2D eigenvalue weighted by Gasteiger charge is 2.17. The topological polar surface area (TPSA) is 41.0 Å². The molecule has 3 aromatic rings. The molecule has 4 rings (SSSR count). The van der Waals surface area contributed by atoms with Crippen molar-refractivity contribution in [2.24, 2.45) is 0 Å². The van der Waals surface area contributed by atoms with Crippen molar-refractivity contribution in [1.82, 2.24) is 15.1 Å². The predicted octanol–water partition coefficient (Wildman–Crippen LogP) is 5.53. The van der Waals surface area contributed by atoms with Crippen LogP contribution in [-0.4, -0.2) is 28.2 Å². The standard InChI is InChI=1S/C25H30N4/c1-4-7-20-12-13-25(28-27-20)23-16-21(11-10-18(23)3)26-24-9-6-8-19-17-29(5-2)15-14-22(19)24/h6,8-13,16,26H,4-5,7,14-15,17H2,1-3H3. The highest BCUT2D eigenvalue weighted by molar-refractivity contribution is 5.73. The number of fused-ring (bicyclic) bond motifs is 1. The number of likely N-dealkylation sites (N-methyl/N-ethyl adjacent to an activating group) is 1. The second-order valence-electron chi connectivity index (χ2n) is 7.88. The van der Waals surface area contributed by atoms with E-state index in [1.54, 1.807) is 0 Å². The van der Waals surface area contributed by atoms with Crippen LogP contribution in [-0.2, 0) is 19.4 Å². The molecule has 150 valence electrons. The van der Waals surface area contributed by atoms with E-state index >= 15 is 0 Å². The molecule has 2 aromatic carbocycles. The highest BCUT2D eigenvalue weighted by atomic mass is 15.1. The largest absolute Gasteiger partial charge is 0.355 e. The maximum absolute atomic E-state index is 4.48.